The lowest BCUT2D eigenvalue weighted by Gasteiger charge is -2.09. The lowest BCUT2D eigenvalue weighted by Crippen LogP contribution is -2.09. The van der Waals surface area contributed by atoms with Crippen molar-refractivity contribution in [3.63, 3.8) is 0 Å². The van der Waals surface area contributed by atoms with Crippen LogP contribution in [0, 0.1) is 5.82 Å². The fraction of sp³-hybridized carbons (Fsp3) is 0.308. The fourth-order valence-electron chi connectivity index (χ4n) is 1.74. The zero-order valence-electron chi connectivity index (χ0n) is 10.5. The molecule has 0 atom stereocenters. The molecular formula is C13H16FN3O. The Hall–Kier alpha value is -2.04. The number of nitrogens with one attached hydrogen (secondary N) is 1. The van der Waals surface area contributed by atoms with Gasteiger partial charge in [0, 0.05) is 38.0 Å². The minimum atomic E-state index is -0.277. The van der Waals surface area contributed by atoms with Crippen LogP contribution in [0.2, 0.25) is 0 Å². The Morgan fingerprint density at radius 2 is 2.22 bits per heavy atom. The van der Waals surface area contributed by atoms with Crippen LogP contribution in [-0.4, -0.2) is 23.4 Å². The van der Waals surface area contributed by atoms with Crippen molar-refractivity contribution in [2.45, 2.75) is 6.42 Å². The summed E-state index contributed by atoms with van der Waals surface area (Å²) < 4.78 is 20.4. The van der Waals surface area contributed by atoms with Crippen LogP contribution in [0.1, 0.15) is 5.69 Å². The van der Waals surface area contributed by atoms with Gasteiger partial charge in [0.15, 0.2) is 0 Å². The summed E-state index contributed by atoms with van der Waals surface area (Å²) in [5.41, 5.74) is 1.56. The Morgan fingerprint density at radius 1 is 1.39 bits per heavy atom. The molecule has 1 aromatic carbocycles. The van der Waals surface area contributed by atoms with E-state index in [2.05, 4.69) is 10.4 Å². The first kappa shape index (κ1) is 12.4. The number of hydrogen-bond acceptors (Lipinski definition) is 3. The van der Waals surface area contributed by atoms with Crippen molar-refractivity contribution >= 4 is 5.69 Å². The molecule has 1 N–H and O–H groups in total. The van der Waals surface area contributed by atoms with Crippen molar-refractivity contribution in [2.24, 2.45) is 7.05 Å². The second kappa shape index (κ2) is 5.53. The average molecular weight is 249 g/mol. The highest BCUT2D eigenvalue weighted by Crippen LogP contribution is 2.20. The maximum atomic E-state index is 13.5. The molecule has 2 rings (SSSR count). The summed E-state index contributed by atoms with van der Waals surface area (Å²) in [5.74, 6) is 0.361. The second-order valence-corrected chi connectivity index (χ2v) is 3.97. The number of hydrogen-bond donors (Lipinski definition) is 1. The molecule has 18 heavy (non-hydrogen) atoms. The molecule has 0 saturated heterocycles. The lowest BCUT2D eigenvalue weighted by molar-refractivity contribution is 0.414. The topological polar surface area (TPSA) is 39.1 Å². The maximum absolute atomic E-state index is 13.5. The largest absolute Gasteiger partial charge is 0.497 e. The average Bonchev–Trinajstić information content (AvgIpc) is 2.77. The van der Waals surface area contributed by atoms with Gasteiger partial charge in [-0.05, 0) is 18.2 Å². The van der Waals surface area contributed by atoms with E-state index in [0.29, 0.717) is 18.0 Å². The van der Waals surface area contributed by atoms with Crippen molar-refractivity contribution in [2.75, 3.05) is 19.0 Å². The van der Waals surface area contributed by atoms with Gasteiger partial charge in [-0.3, -0.25) is 4.68 Å². The number of ether oxygens (including phenoxy) is 1. The van der Waals surface area contributed by atoms with Gasteiger partial charge < -0.3 is 10.1 Å². The molecular weight excluding hydrogens is 233 g/mol. The minimum absolute atomic E-state index is 0.277. The van der Waals surface area contributed by atoms with Crippen molar-refractivity contribution in [1.29, 1.82) is 0 Å². The Bertz CT molecular complexity index is 525. The minimum Gasteiger partial charge on any atom is -0.497 e. The third kappa shape index (κ3) is 2.80. The van der Waals surface area contributed by atoms with E-state index in [1.807, 2.05) is 17.8 Å². The summed E-state index contributed by atoms with van der Waals surface area (Å²) in [5, 5.41) is 7.14. The molecule has 1 heterocycles. The Morgan fingerprint density at radius 3 is 2.89 bits per heavy atom. The maximum Gasteiger partial charge on any atom is 0.146 e. The van der Waals surface area contributed by atoms with Crippen LogP contribution < -0.4 is 10.1 Å². The zero-order chi connectivity index (χ0) is 13.0. The highest BCUT2D eigenvalue weighted by atomic mass is 19.1. The van der Waals surface area contributed by atoms with Crippen LogP contribution in [0.5, 0.6) is 5.75 Å². The molecule has 0 bridgehead atoms. The van der Waals surface area contributed by atoms with E-state index in [0.717, 1.165) is 12.1 Å². The summed E-state index contributed by atoms with van der Waals surface area (Å²) in [6.45, 7) is 0.642. The molecule has 2 aromatic rings. The number of aromatic nitrogens is 2. The van der Waals surface area contributed by atoms with E-state index in [1.54, 1.807) is 25.4 Å². The normalized spacial score (nSPS) is 10.4. The Labute approximate surface area is 105 Å². The summed E-state index contributed by atoms with van der Waals surface area (Å²) in [6, 6.07) is 6.59. The van der Waals surface area contributed by atoms with Gasteiger partial charge in [0.25, 0.3) is 0 Å². The third-order valence-electron chi connectivity index (χ3n) is 2.79. The molecule has 0 saturated carbocycles. The van der Waals surface area contributed by atoms with Crippen LogP contribution in [0.3, 0.4) is 0 Å². The lowest BCUT2D eigenvalue weighted by atomic mass is 10.2. The van der Waals surface area contributed by atoms with Gasteiger partial charge in [-0.2, -0.15) is 5.10 Å². The summed E-state index contributed by atoms with van der Waals surface area (Å²) in [6.07, 6.45) is 2.54. The van der Waals surface area contributed by atoms with Crippen LogP contribution in [0.15, 0.2) is 30.5 Å². The first-order valence-corrected chi connectivity index (χ1v) is 5.75. The Balaban J connectivity index is 1.96. The molecule has 0 aliphatic heterocycles. The van der Waals surface area contributed by atoms with Crippen molar-refractivity contribution in [3.8, 4) is 5.75 Å². The van der Waals surface area contributed by atoms with E-state index in [1.165, 1.54) is 6.07 Å². The van der Waals surface area contributed by atoms with Crippen LogP contribution in [0.4, 0.5) is 10.1 Å². The number of methoxy groups -OCH3 is 1. The summed E-state index contributed by atoms with van der Waals surface area (Å²) in [7, 11) is 3.45. The number of halogens is 1. The molecule has 0 amide bonds. The first-order valence-electron chi connectivity index (χ1n) is 5.75. The number of benzene rings is 1. The van der Waals surface area contributed by atoms with Gasteiger partial charge in [-0.25, -0.2) is 4.39 Å². The highest BCUT2D eigenvalue weighted by Gasteiger charge is 2.04. The van der Waals surface area contributed by atoms with E-state index in [9.17, 15) is 4.39 Å². The van der Waals surface area contributed by atoms with Gasteiger partial charge in [-0.1, -0.05) is 0 Å². The van der Waals surface area contributed by atoms with Crippen LogP contribution >= 0.6 is 0 Å². The van der Waals surface area contributed by atoms with Crippen LogP contribution in [-0.2, 0) is 13.5 Å². The van der Waals surface area contributed by atoms with Gasteiger partial charge in [0.05, 0.1) is 12.8 Å². The van der Waals surface area contributed by atoms with Gasteiger partial charge in [-0.15, -0.1) is 0 Å². The van der Waals surface area contributed by atoms with Gasteiger partial charge in [0.2, 0.25) is 0 Å². The number of anilines is 1. The number of aryl methyl sites for hydroxylation is 1. The molecule has 0 aliphatic carbocycles. The summed E-state index contributed by atoms with van der Waals surface area (Å²) >= 11 is 0. The molecule has 1 aromatic heterocycles. The van der Waals surface area contributed by atoms with E-state index in [-0.39, 0.29) is 5.82 Å². The number of nitrogens with zero attached hydrogens (tertiary/aromatic N) is 2. The van der Waals surface area contributed by atoms with Crippen LogP contribution in [0.25, 0.3) is 0 Å². The smallest absolute Gasteiger partial charge is 0.146 e. The monoisotopic (exact) mass is 249 g/mol. The van der Waals surface area contributed by atoms with Gasteiger partial charge in [0.1, 0.15) is 11.6 Å². The third-order valence-corrected chi connectivity index (χ3v) is 2.79. The SMILES string of the molecule is COc1ccc(F)c(NCCc2ccnn2C)c1. The van der Waals surface area contributed by atoms with Crippen molar-refractivity contribution in [3.05, 3.63) is 42.0 Å². The summed E-state index contributed by atoms with van der Waals surface area (Å²) in [4.78, 5) is 0. The number of rotatable bonds is 5. The molecule has 96 valence electrons. The van der Waals surface area contributed by atoms with Crippen molar-refractivity contribution in [1.82, 2.24) is 9.78 Å². The molecule has 0 fully saturated rings. The molecule has 5 heteroatoms. The molecule has 0 spiro atoms. The standard InChI is InChI=1S/C13H16FN3O/c1-17-10(6-8-16-17)5-7-15-13-9-11(18-2)3-4-12(13)14/h3-4,6,8-9,15H,5,7H2,1-2H3. The van der Waals surface area contributed by atoms with E-state index >= 15 is 0 Å². The second-order valence-electron chi connectivity index (χ2n) is 3.97. The zero-order valence-corrected chi connectivity index (χ0v) is 10.5. The van der Waals surface area contributed by atoms with Crippen molar-refractivity contribution < 1.29 is 9.13 Å². The van der Waals surface area contributed by atoms with E-state index < -0.39 is 0 Å². The Kier molecular flexibility index (Phi) is 3.82. The van der Waals surface area contributed by atoms with Gasteiger partial charge >= 0.3 is 0 Å². The molecule has 0 unspecified atom stereocenters. The first-order chi connectivity index (χ1) is 8.70. The van der Waals surface area contributed by atoms with E-state index in [4.69, 9.17) is 4.74 Å². The highest BCUT2D eigenvalue weighted by molar-refractivity contribution is 5.49. The quantitative estimate of drug-likeness (QED) is 0.883. The molecule has 0 radical (unpaired) electrons. The molecule has 0 aliphatic rings. The predicted octanol–water partition coefficient (Wildman–Crippen LogP) is 2.22. The fourth-order valence-corrected chi connectivity index (χ4v) is 1.74. The molecule has 4 nitrogen and oxygen atoms in total. The predicted molar refractivity (Wildman–Crippen MR) is 68.4 cm³/mol.